The third kappa shape index (κ3) is 3.88. The predicted molar refractivity (Wildman–Crippen MR) is 102 cm³/mol. The molecule has 0 aromatic heterocycles. The van der Waals surface area contributed by atoms with Crippen LogP contribution in [0.4, 0.5) is 11.4 Å². The largest absolute Gasteiger partial charge is 0.340 e. The monoisotopic (exact) mass is 330 g/mol. The second kappa shape index (κ2) is 8.37. The highest BCUT2D eigenvalue weighted by Crippen LogP contribution is 2.35. The zero-order valence-electron chi connectivity index (χ0n) is 14.2. The Morgan fingerprint density at radius 3 is 1.78 bits per heavy atom. The maximum absolute atomic E-state index is 2.52. The predicted octanol–water partition coefficient (Wildman–Crippen LogP) is 4.69. The Bertz CT molecular complexity index is 575. The van der Waals surface area contributed by atoms with Gasteiger partial charge in [-0.15, -0.1) is 12.4 Å². The summed E-state index contributed by atoms with van der Waals surface area (Å²) in [5.74, 6) is 0. The molecule has 1 heterocycles. The number of anilines is 2. The molecule has 0 bridgehead atoms. The van der Waals surface area contributed by atoms with E-state index in [1.54, 1.807) is 0 Å². The quantitative estimate of drug-likeness (QED) is 0.785. The molecular weight excluding hydrogens is 304 g/mol. The minimum Gasteiger partial charge on any atom is -0.340 e. The maximum atomic E-state index is 2.52. The molecule has 0 amide bonds. The van der Waals surface area contributed by atoms with Crippen molar-refractivity contribution in [3.05, 3.63) is 59.7 Å². The molecule has 0 unspecified atom stereocenters. The number of halogens is 1. The SMILES string of the molecule is CCN(CC)CCN1c2ccccc2CCc2ccccc21.Cl. The number of nitrogens with zero attached hydrogens (tertiary/aromatic N) is 2. The van der Waals surface area contributed by atoms with Gasteiger partial charge < -0.3 is 9.80 Å². The molecule has 0 aliphatic carbocycles. The number of aryl methyl sites for hydroxylation is 2. The Kier molecular flexibility index (Phi) is 6.49. The summed E-state index contributed by atoms with van der Waals surface area (Å²) < 4.78 is 0. The lowest BCUT2D eigenvalue weighted by Gasteiger charge is -2.29. The molecule has 2 nitrogen and oxygen atoms in total. The average molecular weight is 331 g/mol. The van der Waals surface area contributed by atoms with Crippen LogP contribution in [0, 0.1) is 0 Å². The summed E-state index contributed by atoms with van der Waals surface area (Å²) >= 11 is 0. The summed E-state index contributed by atoms with van der Waals surface area (Å²) in [6.45, 7) is 8.88. The zero-order valence-corrected chi connectivity index (χ0v) is 15.0. The third-order valence-electron chi connectivity index (χ3n) is 4.76. The van der Waals surface area contributed by atoms with Crippen LogP contribution in [0.15, 0.2) is 48.5 Å². The number of benzene rings is 2. The molecule has 124 valence electrons. The van der Waals surface area contributed by atoms with Crippen molar-refractivity contribution in [2.75, 3.05) is 31.1 Å². The van der Waals surface area contributed by atoms with Crippen molar-refractivity contribution >= 4 is 23.8 Å². The van der Waals surface area contributed by atoms with Gasteiger partial charge in [0.1, 0.15) is 0 Å². The summed E-state index contributed by atoms with van der Waals surface area (Å²) in [5.41, 5.74) is 5.72. The van der Waals surface area contributed by atoms with E-state index in [-0.39, 0.29) is 12.4 Å². The van der Waals surface area contributed by atoms with Crippen LogP contribution in [0.3, 0.4) is 0 Å². The van der Waals surface area contributed by atoms with Gasteiger partial charge in [0.05, 0.1) is 0 Å². The molecule has 0 saturated carbocycles. The summed E-state index contributed by atoms with van der Waals surface area (Å²) in [5, 5.41) is 0. The molecule has 1 aliphatic rings. The fourth-order valence-electron chi connectivity index (χ4n) is 3.39. The molecule has 0 N–H and O–H groups in total. The van der Waals surface area contributed by atoms with Gasteiger partial charge in [-0.1, -0.05) is 50.2 Å². The maximum Gasteiger partial charge on any atom is 0.0443 e. The van der Waals surface area contributed by atoms with E-state index in [0.717, 1.165) is 39.0 Å². The van der Waals surface area contributed by atoms with Gasteiger partial charge in [-0.25, -0.2) is 0 Å². The zero-order chi connectivity index (χ0) is 15.4. The van der Waals surface area contributed by atoms with Crippen molar-refractivity contribution < 1.29 is 0 Å². The average Bonchev–Trinajstić information content (AvgIpc) is 2.73. The van der Waals surface area contributed by atoms with Gasteiger partial charge >= 0.3 is 0 Å². The molecule has 0 radical (unpaired) electrons. The Morgan fingerprint density at radius 1 is 0.826 bits per heavy atom. The lowest BCUT2D eigenvalue weighted by Crippen LogP contribution is -2.33. The normalized spacial score (nSPS) is 13.1. The first kappa shape index (κ1) is 17.8. The van der Waals surface area contributed by atoms with Crippen molar-refractivity contribution in [2.24, 2.45) is 0 Å². The minimum atomic E-state index is 0. The molecule has 3 heteroatoms. The van der Waals surface area contributed by atoms with E-state index in [1.807, 2.05) is 0 Å². The first-order chi connectivity index (χ1) is 10.8. The second-order valence-electron chi connectivity index (χ2n) is 5.94. The van der Waals surface area contributed by atoms with Gasteiger partial charge in [0.25, 0.3) is 0 Å². The van der Waals surface area contributed by atoms with Crippen LogP contribution in [-0.2, 0) is 12.8 Å². The number of para-hydroxylation sites is 2. The van der Waals surface area contributed by atoms with E-state index in [1.165, 1.54) is 22.5 Å². The van der Waals surface area contributed by atoms with Crippen molar-refractivity contribution in [2.45, 2.75) is 26.7 Å². The number of rotatable bonds is 5. The first-order valence-electron chi connectivity index (χ1n) is 8.49. The molecule has 0 spiro atoms. The number of likely N-dealkylation sites (N-methyl/N-ethyl adjacent to an activating group) is 1. The Labute approximate surface area is 146 Å². The molecule has 0 saturated heterocycles. The van der Waals surface area contributed by atoms with E-state index in [0.29, 0.717) is 0 Å². The molecule has 2 aromatic carbocycles. The summed E-state index contributed by atoms with van der Waals surface area (Å²) in [6.07, 6.45) is 2.27. The topological polar surface area (TPSA) is 6.48 Å². The van der Waals surface area contributed by atoms with Crippen LogP contribution in [0.5, 0.6) is 0 Å². The van der Waals surface area contributed by atoms with Crippen molar-refractivity contribution in [3.63, 3.8) is 0 Å². The van der Waals surface area contributed by atoms with Crippen LogP contribution in [-0.4, -0.2) is 31.1 Å². The fraction of sp³-hybridized carbons (Fsp3) is 0.400. The minimum absolute atomic E-state index is 0. The highest BCUT2D eigenvalue weighted by molar-refractivity contribution is 5.85. The smallest absolute Gasteiger partial charge is 0.0443 e. The van der Waals surface area contributed by atoms with Crippen LogP contribution in [0.25, 0.3) is 0 Å². The second-order valence-corrected chi connectivity index (χ2v) is 5.94. The van der Waals surface area contributed by atoms with E-state index >= 15 is 0 Å². The summed E-state index contributed by atoms with van der Waals surface area (Å²) in [7, 11) is 0. The molecular formula is C20H27ClN2. The van der Waals surface area contributed by atoms with Gasteiger partial charge in [0.2, 0.25) is 0 Å². The summed E-state index contributed by atoms with van der Waals surface area (Å²) in [6, 6.07) is 17.8. The number of hydrogen-bond acceptors (Lipinski definition) is 2. The molecule has 1 aliphatic heterocycles. The van der Waals surface area contributed by atoms with Crippen LogP contribution < -0.4 is 4.90 Å². The Hall–Kier alpha value is -1.51. The summed E-state index contributed by atoms with van der Waals surface area (Å²) in [4.78, 5) is 5.02. The van der Waals surface area contributed by atoms with Crippen molar-refractivity contribution in [1.29, 1.82) is 0 Å². The molecule has 0 atom stereocenters. The van der Waals surface area contributed by atoms with Crippen LogP contribution >= 0.6 is 12.4 Å². The van der Waals surface area contributed by atoms with Gasteiger partial charge in [0, 0.05) is 24.5 Å². The van der Waals surface area contributed by atoms with Gasteiger partial charge in [0.15, 0.2) is 0 Å². The van der Waals surface area contributed by atoms with Crippen molar-refractivity contribution in [3.8, 4) is 0 Å². The number of hydrogen-bond donors (Lipinski definition) is 0. The standard InChI is InChI=1S/C20H26N2.ClH/c1-3-21(4-2)15-16-22-19-11-7-5-9-17(19)13-14-18-10-6-8-12-20(18)22;/h5-12H,3-4,13-16H2,1-2H3;1H. The molecule has 3 rings (SSSR count). The van der Waals surface area contributed by atoms with Gasteiger partial charge in [-0.2, -0.15) is 0 Å². The Balaban J connectivity index is 0.00000192. The fourth-order valence-corrected chi connectivity index (χ4v) is 3.39. The Morgan fingerprint density at radius 2 is 1.30 bits per heavy atom. The van der Waals surface area contributed by atoms with Crippen molar-refractivity contribution in [1.82, 2.24) is 4.90 Å². The first-order valence-corrected chi connectivity index (χ1v) is 8.49. The highest BCUT2D eigenvalue weighted by atomic mass is 35.5. The lowest BCUT2D eigenvalue weighted by molar-refractivity contribution is 0.312. The lowest BCUT2D eigenvalue weighted by atomic mass is 10.0. The van der Waals surface area contributed by atoms with Gasteiger partial charge in [-0.05, 0) is 49.2 Å². The van der Waals surface area contributed by atoms with E-state index < -0.39 is 0 Å². The van der Waals surface area contributed by atoms with E-state index in [2.05, 4.69) is 72.2 Å². The van der Waals surface area contributed by atoms with Gasteiger partial charge in [-0.3, -0.25) is 0 Å². The molecule has 0 fully saturated rings. The van der Waals surface area contributed by atoms with Crippen LogP contribution in [0.2, 0.25) is 0 Å². The third-order valence-corrected chi connectivity index (χ3v) is 4.76. The molecule has 2 aromatic rings. The van der Waals surface area contributed by atoms with E-state index in [4.69, 9.17) is 0 Å². The van der Waals surface area contributed by atoms with E-state index in [9.17, 15) is 0 Å². The highest BCUT2D eigenvalue weighted by Gasteiger charge is 2.20. The van der Waals surface area contributed by atoms with Crippen LogP contribution in [0.1, 0.15) is 25.0 Å². The number of fused-ring (bicyclic) bond motifs is 2. The molecule has 23 heavy (non-hydrogen) atoms.